The number of aliphatic hydroxyl groups excluding tert-OH is 1. The van der Waals surface area contributed by atoms with Crippen LogP contribution < -0.4 is 0 Å². The van der Waals surface area contributed by atoms with E-state index in [1.807, 2.05) is 0 Å². The zero-order chi connectivity index (χ0) is 23.1. The van der Waals surface area contributed by atoms with Crippen LogP contribution in [0.15, 0.2) is 94.7 Å². The van der Waals surface area contributed by atoms with E-state index in [0.717, 1.165) is 18.2 Å². The van der Waals surface area contributed by atoms with Crippen molar-refractivity contribution in [3.63, 3.8) is 0 Å². The summed E-state index contributed by atoms with van der Waals surface area (Å²) in [7, 11) is -9.34. The van der Waals surface area contributed by atoms with Gasteiger partial charge in [-0.05, 0) is 47.5 Å². The first kappa shape index (κ1) is 22.3. The first-order chi connectivity index (χ1) is 15.1. The smallest absolute Gasteiger partial charge is 0.215 e. The van der Waals surface area contributed by atoms with E-state index in [0.29, 0.717) is 0 Å². The lowest BCUT2D eigenvalue weighted by Crippen LogP contribution is -2.53. The van der Waals surface area contributed by atoms with Crippen LogP contribution in [-0.4, -0.2) is 32.1 Å². The molecular weight excluding hydrogens is 458 g/mol. The Kier molecular flexibility index (Phi) is 5.52. The summed E-state index contributed by atoms with van der Waals surface area (Å²) in [5.41, 5.74) is -0.118. The minimum atomic E-state index is -4.67. The van der Waals surface area contributed by atoms with Crippen LogP contribution in [0.1, 0.15) is 12.0 Å². The highest BCUT2D eigenvalue weighted by Gasteiger charge is 2.63. The standard InChI is InChI=1S/C23H18F2O5S2/c24-20-12-11-16(15-21(20)25)19-13-14-23(22(19)26,31(27,28)17-7-3-1-4-8-17)32(29,30)18-9-5-2-6-10-18/h1-13,15,22,26H,14H2. The van der Waals surface area contributed by atoms with Crippen molar-refractivity contribution < 1.29 is 30.7 Å². The molecule has 1 N–H and O–H groups in total. The second-order valence-electron chi connectivity index (χ2n) is 7.34. The van der Waals surface area contributed by atoms with E-state index in [9.17, 15) is 30.7 Å². The van der Waals surface area contributed by atoms with Gasteiger partial charge < -0.3 is 5.11 Å². The molecule has 0 amide bonds. The number of hydrogen-bond donors (Lipinski definition) is 1. The summed E-state index contributed by atoms with van der Waals surface area (Å²) in [5.74, 6) is -2.33. The summed E-state index contributed by atoms with van der Waals surface area (Å²) >= 11 is 0. The maximum absolute atomic E-state index is 13.8. The first-order valence-corrected chi connectivity index (χ1v) is 12.5. The van der Waals surface area contributed by atoms with Crippen LogP contribution in [0.4, 0.5) is 8.78 Å². The lowest BCUT2D eigenvalue weighted by molar-refractivity contribution is 0.217. The predicted molar refractivity (Wildman–Crippen MR) is 115 cm³/mol. The van der Waals surface area contributed by atoms with Crippen LogP contribution in [0.5, 0.6) is 0 Å². The van der Waals surface area contributed by atoms with E-state index in [2.05, 4.69) is 0 Å². The summed E-state index contributed by atoms with van der Waals surface area (Å²) in [4.78, 5) is -0.558. The third-order valence-electron chi connectivity index (χ3n) is 5.59. The number of aliphatic hydroxyl groups is 1. The van der Waals surface area contributed by atoms with Crippen molar-refractivity contribution in [3.05, 3.63) is 102 Å². The van der Waals surface area contributed by atoms with Crippen molar-refractivity contribution in [1.82, 2.24) is 0 Å². The molecule has 166 valence electrons. The Labute approximate surface area is 184 Å². The molecule has 3 aromatic carbocycles. The number of hydrogen-bond acceptors (Lipinski definition) is 5. The molecule has 1 aliphatic carbocycles. The maximum Gasteiger partial charge on any atom is 0.215 e. The average Bonchev–Trinajstić information content (AvgIpc) is 3.16. The summed E-state index contributed by atoms with van der Waals surface area (Å²) in [6, 6.07) is 16.7. The van der Waals surface area contributed by atoms with Gasteiger partial charge in [0.1, 0.15) is 6.10 Å². The van der Waals surface area contributed by atoms with Gasteiger partial charge in [-0.3, -0.25) is 0 Å². The molecule has 0 aromatic heterocycles. The lowest BCUT2D eigenvalue weighted by Gasteiger charge is -2.33. The molecule has 0 radical (unpaired) electrons. The summed E-state index contributed by atoms with van der Waals surface area (Å²) in [5, 5.41) is 11.3. The van der Waals surface area contributed by atoms with Gasteiger partial charge in [0.2, 0.25) is 23.8 Å². The van der Waals surface area contributed by atoms with Gasteiger partial charge >= 0.3 is 0 Å². The Morgan fingerprint density at radius 2 is 1.25 bits per heavy atom. The van der Waals surface area contributed by atoms with Crippen LogP contribution in [0.3, 0.4) is 0 Å². The molecule has 1 unspecified atom stereocenters. The Bertz CT molecular complexity index is 1330. The van der Waals surface area contributed by atoms with Gasteiger partial charge in [-0.2, -0.15) is 0 Å². The Balaban J connectivity index is 1.96. The molecule has 1 aliphatic rings. The Morgan fingerprint density at radius 1 is 0.750 bits per heavy atom. The third-order valence-corrected chi connectivity index (χ3v) is 11.3. The number of benzene rings is 3. The monoisotopic (exact) mass is 476 g/mol. The highest BCUT2D eigenvalue weighted by atomic mass is 32.3. The number of allylic oxidation sites excluding steroid dienone is 1. The Hall–Kier alpha value is -2.88. The van der Waals surface area contributed by atoms with Crippen molar-refractivity contribution >= 4 is 25.2 Å². The zero-order valence-electron chi connectivity index (χ0n) is 16.5. The largest absolute Gasteiger partial charge is 0.386 e. The topological polar surface area (TPSA) is 88.5 Å². The van der Waals surface area contributed by atoms with Crippen molar-refractivity contribution in [2.24, 2.45) is 0 Å². The molecule has 0 fully saturated rings. The number of sulfone groups is 2. The zero-order valence-corrected chi connectivity index (χ0v) is 18.2. The number of halogens is 2. The second kappa shape index (κ2) is 7.91. The van der Waals surface area contributed by atoms with E-state index in [-0.39, 0.29) is 20.9 Å². The number of rotatable bonds is 5. The highest BCUT2D eigenvalue weighted by molar-refractivity contribution is 8.10. The van der Waals surface area contributed by atoms with Gasteiger partial charge in [0.25, 0.3) is 0 Å². The molecule has 0 bridgehead atoms. The molecule has 32 heavy (non-hydrogen) atoms. The molecule has 3 aromatic rings. The van der Waals surface area contributed by atoms with Gasteiger partial charge in [0.15, 0.2) is 11.6 Å². The molecule has 0 spiro atoms. The van der Waals surface area contributed by atoms with Crippen LogP contribution >= 0.6 is 0 Å². The third kappa shape index (κ3) is 3.19. The molecule has 0 heterocycles. The summed E-state index contributed by atoms with van der Waals surface area (Å²) in [6.45, 7) is 0. The minimum Gasteiger partial charge on any atom is -0.386 e. The van der Waals surface area contributed by atoms with Gasteiger partial charge in [0.05, 0.1) is 9.79 Å². The van der Waals surface area contributed by atoms with Crippen LogP contribution in [0, 0.1) is 11.6 Å². The second-order valence-corrected chi connectivity index (χ2v) is 12.0. The Morgan fingerprint density at radius 3 is 1.72 bits per heavy atom. The average molecular weight is 477 g/mol. The van der Waals surface area contributed by atoms with Crippen LogP contribution in [0.2, 0.25) is 0 Å². The predicted octanol–water partition coefficient (Wildman–Crippen LogP) is 3.76. The fraction of sp³-hybridized carbons (Fsp3) is 0.130. The molecule has 0 saturated carbocycles. The van der Waals surface area contributed by atoms with Gasteiger partial charge in [-0.1, -0.05) is 48.5 Å². The van der Waals surface area contributed by atoms with Crippen molar-refractivity contribution in [3.8, 4) is 0 Å². The van der Waals surface area contributed by atoms with E-state index in [1.54, 1.807) is 12.1 Å². The summed E-state index contributed by atoms with van der Waals surface area (Å²) < 4.78 is 79.7. The van der Waals surface area contributed by atoms with Crippen LogP contribution in [-0.2, 0) is 19.7 Å². The molecule has 4 rings (SSSR count). The highest BCUT2D eigenvalue weighted by Crippen LogP contribution is 2.49. The fourth-order valence-corrected chi connectivity index (χ4v) is 8.93. The quantitative estimate of drug-likeness (QED) is 0.606. The molecular formula is C23H18F2O5S2. The van der Waals surface area contributed by atoms with Crippen LogP contribution in [0.25, 0.3) is 5.57 Å². The van der Waals surface area contributed by atoms with Crippen molar-refractivity contribution in [2.75, 3.05) is 0 Å². The lowest BCUT2D eigenvalue weighted by atomic mass is 10.0. The molecule has 9 heteroatoms. The summed E-state index contributed by atoms with van der Waals surface area (Å²) in [6.07, 6.45) is -1.38. The molecule has 5 nitrogen and oxygen atoms in total. The van der Waals surface area contributed by atoms with Gasteiger partial charge in [0, 0.05) is 6.42 Å². The normalized spacial score (nSPS) is 18.3. The minimum absolute atomic E-state index is 0.00945. The van der Waals surface area contributed by atoms with Crippen molar-refractivity contribution in [2.45, 2.75) is 26.4 Å². The van der Waals surface area contributed by atoms with E-state index in [1.165, 1.54) is 54.6 Å². The molecule has 0 aliphatic heterocycles. The first-order valence-electron chi connectivity index (χ1n) is 9.56. The SMILES string of the molecule is O=S(=O)(c1ccccc1)C1(S(=O)(=O)c2ccccc2)CC=C(c2ccc(F)c(F)c2)C1O. The van der Waals surface area contributed by atoms with E-state index >= 15 is 0 Å². The van der Waals surface area contributed by atoms with Gasteiger partial charge in [-0.15, -0.1) is 0 Å². The van der Waals surface area contributed by atoms with E-state index < -0.39 is 47.9 Å². The maximum atomic E-state index is 13.8. The van der Waals surface area contributed by atoms with E-state index in [4.69, 9.17) is 0 Å². The molecule has 1 atom stereocenters. The van der Waals surface area contributed by atoms with Crippen molar-refractivity contribution in [1.29, 1.82) is 0 Å². The fourth-order valence-electron chi connectivity index (χ4n) is 3.92. The van der Waals surface area contributed by atoms with Gasteiger partial charge in [-0.25, -0.2) is 25.6 Å². The molecule has 0 saturated heterocycles.